The number of allylic oxidation sites excluding steroid dienone is 1. The normalized spacial score (nSPS) is 15.1. The van der Waals surface area contributed by atoms with Crippen LogP contribution in [0, 0.1) is 0 Å². The summed E-state index contributed by atoms with van der Waals surface area (Å²) in [6.07, 6.45) is 2.31. The van der Waals surface area contributed by atoms with Crippen LogP contribution in [0.2, 0.25) is 10.0 Å². The number of hydrogen-bond acceptors (Lipinski definition) is 6. The Morgan fingerprint density at radius 1 is 1.08 bits per heavy atom. The van der Waals surface area contributed by atoms with E-state index in [-0.39, 0.29) is 12.2 Å². The van der Waals surface area contributed by atoms with Crippen molar-refractivity contribution in [1.29, 1.82) is 0 Å². The molecule has 0 amide bonds. The van der Waals surface area contributed by atoms with Crippen LogP contribution in [0.3, 0.4) is 0 Å². The van der Waals surface area contributed by atoms with Crippen molar-refractivity contribution >= 4 is 46.6 Å². The van der Waals surface area contributed by atoms with Crippen molar-refractivity contribution in [2.24, 2.45) is 4.99 Å². The first kappa shape index (κ1) is 26.9. The Hall–Kier alpha value is -3.65. The van der Waals surface area contributed by atoms with E-state index in [4.69, 9.17) is 37.7 Å². The van der Waals surface area contributed by atoms with E-state index in [1.165, 1.54) is 18.4 Å². The van der Waals surface area contributed by atoms with Crippen LogP contribution in [-0.4, -0.2) is 17.6 Å². The first-order valence-electron chi connectivity index (χ1n) is 12.2. The third-order valence-corrected chi connectivity index (χ3v) is 7.94. The van der Waals surface area contributed by atoms with Crippen LogP contribution in [0.4, 0.5) is 0 Å². The van der Waals surface area contributed by atoms with Crippen molar-refractivity contribution < 1.29 is 14.3 Å². The zero-order valence-corrected chi connectivity index (χ0v) is 23.5. The van der Waals surface area contributed by atoms with Gasteiger partial charge in [0, 0.05) is 21.2 Å². The van der Waals surface area contributed by atoms with Crippen LogP contribution in [0.15, 0.2) is 93.9 Å². The number of thiazole rings is 1. The zero-order valence-electron chi connectivity index (χ0n) is 21.2. The summed E-state index contributed by atoms with van der Waals surface area (Å²) in [6, 6.07) is 21.5. The van der Waals surface area contributed by atoms with Crippen LogP contribution in [0.5, 0.6) is 5.75 Å². The Labute approximate surface area is 239 Å². The standard InChI is InChI=1S/C30H24Cl2N2O4S/c1-3-23-26(29(36)37-2)27(18-9-5-4-6-10-18)34-28(35)25(39-30(34)33-23)15-19-11-7-8-12-24(19)38-17-20-13-14-21(31)16-22(20)32/h4-16,27H,3,17H2,1-2H3/b25-15+/t27-/m1/s1. The number of rotatable bonds is 7. The summed E-state index contributed by atoms with van der Waals surface area (Å²) < 4.78 is 13.3. The monoisotopic (exact) mass is 578 g/mol. The molecule has 0 fully saturated rings. The molecule has 198 valence electrons. The zero-order chi connectivity index (χ0) is 27.5. The Bertz CT molecular complexity index is 1760. The lowest BCUT2D eigenvalue weighted by molar-refractivity contribution is -0.136. The lowest BCUT2D eigenvalue weighted by Crippen LogP contribution is -2.40. The Morgan fingerprint density at radius 3 is 2.54 bits per heavy atom. The van der Waals surface area contributed by atoms with Crippen LogP contribution in [0.1, 0.15) is 36.1 Å². The van der Waals surface area contributed by atoms with Crippen LogP contribution in [0.25, 0.3) is 6.08 Å². The average molecular weight is 580 g/mol. The van der Waals surface area contributed by atoms with E-state index in [0.29, 0.717) is 42.8 Å². The highest BCUT2D eigenvalue weighted by Crippen LogP contribution is 2.32. The summed E-state index contributed by atoms with van der Waals surface area (Å²) >= 11 is 13.6. The van der Waals surface area contributed by atoms with Crippen LogP contribution in [-0.2, 0) is 16.1 Å². The molecule has 0 radical (unpaired) electrons. The second kappa shape index (κ2) is 11.6. The largest absolute Gasteiger partial charge is 0.488 e. The molecule has 2 heterocycles. The van der Waals surface area contributed by atoms with Crippen molar-refractivity contribution in [3.8, 4) is 5.75 Å². The Morgan fingerprint density at radius 2 is 1.82 bits per heavy atom. The van der Waals surface area contributed by atoms with Crippen molar-refractivity contribution in [1.82, 2.24) is 4.57 Å². The van der Waals surface area contributed by atoms with Gasteiger partial charge in [-0.2, -0.15) is 0 Å². The van der Waals surface area contributed by atoms with Gasteiger partial charge in [0.2, 0.25) is 0 Å². The molecule has 4 aromatic rings. The highest BCUT2D eigenvalue weighted by atomic mass is 35.5. The third-order valence-electron chi connectivity index (χ3n) is 6.37. The van der Waals surface area contributed by atoms with Crippen LogP contribution >= 0.6 is 34.5 Å². The number of fused-ring (bicyclic) bond motifs is 1. The first-order chi connectivity index (χ1) is 18.9. The number of esters is 1. The molecule has 0 N–H and O–H groups in total. The first-order valence-corrected chi connectivity index (χ1v) is 13.8. The molecule has 1 aromatic heterocycles. The molecule has 9 heteroatoms. The van der Waals surface area contributed by atoms with Gasteiger partial charge in [-0.25, -0.2) is 9.79 Å². The molecule has 1 aliphatic heterocycles. The van der Waals surface area contributed by atoms with E-state index in [1.54, 1.807) is 22.8 Å². The molecule has 6 nitrogen and oxygen atoms in total. The molecule has 3 aromatic carbocycles. The second-order valence-corrected chi connectivity index (χ2v) is 10.6. The number of ether oxygens (including phenoxy) is 2. The average Bonchev–Trinajstić information content (AvgIpc) is 3.26. The van der Waals surface area contributed by atoms with Gasteiger partial charge >= 0.3 is 5.97 Å². The van der Waals surface area contributed by atoms with Crippen LogP contribution < -0.4 is 19.6 Å². The van der Waals surface area contributed by atoms with Gasteiger partial charge in [-0.3, -0.25) is 9.36 Å². The van der Waals surface area contributed by atoms with E-state index < -0.39 is 12.0 Å². The summed E-state index contributed by atoms with van der Waals surface area (Å²) in [4.78, 5) is 32.0. The summed E-state index contributed by atoms with van der Waals surface area (Å²) in [5.74, 6) is 0.0943. The molecule has 1 aliphatic rings. The molecular formula is C30H24Cl2N2O4S. The minimum atomic E-state index is -0.648. The molecule has 0 spiro atoms. The minimum absolute atomic E-state index is 0.235. The van der Waals surface area contributed by atoms with E-state index in [0.717, 1.165) is 16.7 Å². The summed E-state index contributed by atoms with van der Waals surface area (Å²) in [5.41, 5.74) is 3.04. The molecule has 5 rings (SSSR count). The van der Waals surface area contributed by atoms with Crippen molar-refractivity contribution in [3.05, 3.63) is 130 Å². The maximum atomic E-state index is 13.9. The molecule has 0 saturated heterocycles. The van der Waals surface area contributed by atoms with Crippen molar-refractivity contribution in [3.63, 3.8) is 0 Å². The van der Waals surface area contributed by atoms with E-state index in [9.17, 15) is 9.59 Å². The molecule has 0 aliphatic carbocycles. The smallest absolute Gasteiger partial charge is 0.338 e. The lowest BCUT2D eigenvalue weighted by Gasteiger charge is -2.25. The van der Waals surface area contributed by atoms with Gasteiger partial charge in [0.05, 0.1) is 29.0 Å². The SMILES string of the molecule is CCC1=C(C(=O)OC)[C@@H](c2ccccc2)n2c(s/c(=C/c3ccccc3OCc3ccc(Cl)cc3Cl)c2=O)=N1. The number of carbonyl (C=O) groups excluding carboxylic acids is 1. The molecule has 0 unspecified atom stereocenters. The molecule has 1 atom stereocenters. The number of nitrogens with zero attached hydrogens (tertiary/aromatic N) is 2. The fourth-order valence-corrected chi connectivity index (χ4v) is 5.96. The topological polar surface area (TPSA) is 69.9 Å². The van der Waals surface area contributed by atoms with Gasteiger partial charge in [0.15, 0.2) is 4.80 Å². The van der Waals surface area contributed by atoms with Crippen molar-refractivity contribution in [2.75, 3.05) is 7.11 Å². The highest BCUT2D eigenvalue weighted by molar-refractivity contribution is 7.07. The number of para-hydroxylation sites is 1. The fraction of sp³-hybridized carbons (Fsp3) is 0.167. The quantitative estimate of drug-likeness (QED) is 0.264. The molecular weight excluding hydrogens is 555 g/mol. The number of benzene rings is 3. The lowest BCUT2D eigenvalue weighted by atomic mass is 9.95. The number of hydrogen-bond donors (Lipinski definition) is 0. The van der Waals surface area contributed by atoms with Gasteiger partial charge in [0.25, 0.3) is 5.56 Å². The molecule has 0 bridgehead atoms. The van der Waals surface area contributed by atoms with E-state index in [2.05, 4.69) is 0 Å². The van der Waals surface area contributed by atoms with E-state index >= 15 is 0 Å². The predicted molar refractivity (Wildman–Crippen MR) is 154 cm³/mol. The van der Waals surface area contributed by atoms with Gasteiger partial charge < -0.3 is 9.47 Å². The predicted octanol–water partition coefficient (Wildman–Crippen LogP) is 5.68. The molecule has 0 saturated carbocycles. The summed E-state index contributed by atoms with van der Waals surface area (Å²) in [5, 5.41) is 1.07. The van der Waals surface area contributed by atoms with Gasteiger partial charge in [-0.1, -0.05) is 96.1 Å². The van der Waals surface area contributed by atoms with E-state index in [1.807, 2.05) is 67.6 Å². The fourth-order valence-electron chi connectivity index (χ4n) is 4.48. The number of aromatic nitrogens is 1. The maximum Gasteiger partial charge on any atom is 0.338 e. The Balaban J connectivity index is 1.60. The summed E-state index contributed by atoms with van der Waals surface area (Å²) in [6.45, 7) is 2.16. The van der Waals surface area contributed by atoms with Gasteiger partial charge in [0.1, 0.15) is 12.4 Å². The summed E-state index contributed by atoms with van der Waals surface area (Å²) in [7, 11) is 1.34. The van der Waals surface area contributed by atoms with Gasteiger partial charge in [-0.05, 0) is 36.3 Å². The minimum Gasteiger partial charge on any atom is -0.488 e. The number of methoxy groups -OCH3 is 1. The third kappa shape index (κ3) is 5.43. The van der Waals surface area contributed by atoms with Crippen molar-refractivity contribution in [2.45, 2.75) is 26.0 Å². The van der Waals surface area contributed by atoms with Gasteiger partial charge in [-0.15, -0.1) is 0 Å². The maximum absolute atomic E-state index is 13.9. The number of carbonyl (C=O) groups is 1. The molecule has 39 heavy (non-hydrogen) atoms. The highest BCUT2D eigenvalue weighted by Gasteiger charge is 2.33. The Kier molecular flexibility index (Phi) is 8.02. The second-order valence-electron chi connectivity index (χ2n) is 8.76. The number of halogens is 2.